The summed E-state index contributed by atoms with van der Waals surface area (Å²) in [7, 11) is -3.89. The van der Waals surface area contributed by atoms with Crippen molar-refractivity contribution >= 4 is 15.9 Å². The van der Waals surface area contributed by atoms with Crippen molar-refractivity contribution < 1.29 is 17.6 Å². The van der Waals surface area contributed by atoms with Crippen LogP contribution in [0.15, 0.2) is 59.5 Å². The molecular weight excluding hydrogens is 393 g/mol. The molecule has 29 heavy (non-hydrogen) atoms. The van der Waals surface area contributed by atoms with E-state index in [1.54, 1.807) is 0 Å². The highest BCUT2D eigenvalue weighted by atomic mass is 32.2. The van der Waals surface area contributed by atoms with Crippen LogP contribution in [0.25, 0.3) is 0 Å². The maximum Gasteiger partial charge on any atom is 0.246 e. The molecule has 156 valence electrons. The lowest BCUT2D eigenvalue weighted by atomic mass is 10.1. The molecule has 0 bridgehead atoms. The van der Waals surface area contributed by atoms with Crippen molar-refractivity contribution in [1.29, 1.82) is 0 Å². The monoisotopic (exact) mass is 419 g/mol. The summed E-state index contributed by atoms with van der Waals surface area (Å²) < 4.78 is 40.6. The highest BCUT2D eigenvalue weighted by Gasteiger charge is 2.33. The van der Waals surface area contributed by atoms with Gasteiger partial charge in [0.05, 0.1) is 12.1 Å². The number of nitrogens with zero attached hydrogens (tertiary/aromatic N) is 2. The van der Waals surface area contributed by atoms with Gasteiger partial charge in [0.2, 0.25) is 15.9 Å². The molecule has 0 aliphatic carbocycles. The molecule has 1 N–H and O–H groups in total. The van der Waals surface area contributed by atoms with Gasteiger partial charge in [0.1, 0.15) is 10.7 Å². The van der Waals surface area contributed by atoms with Crippen LogP contribution >= 0.6 is 0 Å². The fraction of sp³-hybridized carbons (Fsp3) is 0.381. The Morgan fingerprint density at radius 1 is 0.966 bits per heavy atom. The summed E-state index contributed by atoms with van der Waals surface area (Å²) in [5.74, 6) is -0.857. The first-order valence-corrected chi connectivity index (χ1v) is 11.1. The van der Waals surface area contributed by atoms with Gasteiger partial charge in [-0.05, 0) is 31.5 Å². The smallest absolute Gasteiger partial charge is 0.246 e. The molecule has 3 rings (SSSR count). The topological polar surface area (TPSA) is 69.7 Å². The SMILES string of the molecule is CC(NC(=O)C(C)N1CCN(S(=O)(=O)c2ccccc2F)CC1)c1ccccc1. The minimum Gasteiger partial charge on any atom is -0.348 e. The lowest BCUT2D eigenvalue weighted by molar-refractivity contribution is -0.127. The Balaban J connectivity index is 1.58. The molecule has 0 radical (unpaired) electrons. The molecule has 2 aromatic rings. The average molecular weight is 420 g/mol. The summed E-state index contributed by atoms with van der Waals surface area (Å²) in [6, 6.07) is 14.6. The third kappa shape index (κ3) is 4.83. The van der Waals surface area contributed by atoms with Gasteiger partial charge >= 0.3 is 0 Å². The number of piperazine rings is 1. The first kappa shape index (κ1) is 21.4. The normalized spacial score (nSPS) is 18.2. The van der Waals surface area contributed by atoms with Gasteiger partial charge in [0.25, 0.3) is 0 Å². The fourth-order valence-corrected chi connectivity index (χ4v) is 4.94. The molecule has 1 amide bonds. The number of rotatable bonds is 6. The van der Waals surface area contributed by atoms with Gasteiger partial charge in [-0.1, -0.05) is 42.5 Å². The van der Waals surface area contributed by atoms with Crippen molar-refractivity contribution in [2.45, 2.75) is 30.8 Å². The Hall–Kier alpha value is -2.29. The van der Waals surface area contributed by atoms with Crippen molar-refractivity contribution in [2.75, 3.05) is 26.2 Å². The Labute approximate surface area is 171 Å². The number of halogens is 1. The van der Waals surface area contributed by atoms with Gasteiger partial charge in [-0.15, -0.1) is 0 Å². The molecule has 1 aliphatic heterocycles. The molecule has 6 nitrogen and oxygen atoms in total. The lowest BCUT2D eigenvalue weighted by Gasteiger charge is -2.37. The minimum atomic E-state index is -3.89. The molecule has 8 heteroatoms. The molecule has 0 spiro atoms. The number of carbonyl (C=O) groups excluding carboxylic acids is 1. The molecule has 0 saturated carbocycles. The van der Waals surface area contributed by atoms with Crippen LogP contribution < -0.4 is 5.32 Å². The van der Waals surface area contributed by atoms with Crippen LogP contribution in [0.4, 0.5) is 4.39 Å². The van der Waals surface area contributed by atoms with Crippen LogP contribution in [0.2, 0.25) is 0 Å². The van der Waals surface area contributed by atoms with E-state index in [0.29, 0.717) is 13.1 Å². The third-order valence-electron chi connectivity index (χ3n) is 5.31. The van der Waals surface area contributed by atoms with E-state index >= 15 is 0 Å². The minimum absolute atomic E-state index is 0.105. The first-order valence-electron chi connectivity index (χ1n) is 9.65. The van der Waals surface area contributed by atoms with Crippen LogP contribution in [-0.4, -0.2) is 55.8 Å². The second kappa shape index (κ2) is 9.02. The van der Waals surface area contributed by atoms with E-state index in [1.165, 1.54) is 22.5 Å². The first-order chi connectivity index (χ1) is 13.8. The second-order valence-corrected chi connectivity index (χ2v) is 9.09. The number of hydrogen-bond acceptors (Lipinski definition) is 4. The Morgan fingerprint density at radius 2 is 1.55 bits per heavy atom. The van der Waals surface area contributed by atoms with Crippen molar-refractivity contribution in [2.24, 2.45) is 0 Å². The van der Waals surface area contributed by atoms with E-state index < -0.39 is 15.8 Å². The molecule has 1 saturated heterocycles. The van der Waals surface area contributed by atoms with E-state index in [0.717, 1.165) is 11.6 Å². The average Bonchev–Trinajstić information content (AvgIpc) is 2.74. The highest BCUT2D eigenvalue weighted by molar-refractivity contribution is 7.89. The third-order valence-corrected chi connectivity index (χ3v) is 7.25. The van der Waals surface area contributed by atoms with Crippen molar-refractivity contribution in [1.82, 2.24) is 14.5 Å². The van der Waals surface area contributed by atoms with E-state index in [9.17, 15) is 17.6 Å². The predicted molar refractivity (Wildman–Crippen MR) is 109 cm³/mol. The maximum atomic E-state index is 13.9. The fourth-order valence-electron chi connectivity index (χ4n) is 3.45. The van der Waals surface area contributed by atoms with Crippen molar-refractivity contribution in [3.05, 3.63) is 66.0 Å². The number of hydrogen-bond donors (Lipinski definition) is 1. The standard InChI is InChI=1S/C21H26FN3O3S/c1-16(18-8-4-3-5-9-18)23-21(26)17(2)24-12-14-25(15-13-24)29(27,28)20-11-7-6-10-19(20)22/h3-11,16-17H,12-15H2,1-2H3,(H,23,26). The van der Waals surface area contributed by atoms with Crippen LogP contribution in [0, 0.1) is 5.82 Å². The zero-order valence-electron chi connectivity index (χ0n) is 16.6. The number of nitrogens with one attached hydrogen (secondary N) is 1. The zero-order chi connectivity index (χ0) is 21.0. The number of amides is 1. The van der Waals surface area contributed by atoms with Gasteiger partial charge in [-0.2, -0.15) is 4.31 Å². The number of carbonyl (C=O) groups is 1. The number of benzene rings is 2. The predicted octanol–water partition coefficient (Wildman–Crippen LogP) is 2.40. The van der Waals surface area contributed by atoms with Crippen LogP contribution in [0.5, 0.6) is 0 Å². The molecule has 1 heterocycles. The molecule has 2 unspecified atom stereocenters. The Kier molecular flexibility index (Phi) is 6.66. The molecule has 1 aliphatic rings. The second-order valence-electron chi connectivity index (χ2n) is 7.19. The molecule has 2 aromatic carbocycles. The van der Waals surface area contributed by atoms with Crippen molar-refractivity contribution in [3.63, 3.8) is 0 Å². The van der Waals surface area contributed by atoms with Gasteiger partial charge in [-0.25, -0.2) is 12.8 Å². The summed E-state index contributed by atoms with van der Waals surface area (Å²) in [6.07, 6.45) is 0. The van der Waals surface area contributed by atoms with Gasteiger partial charge in [0, 0.05) is 26.2 Å². The van der Waals surface area contributed by atoms with Gasteiger partial charge in [-0.3, -0.25) is 9.69 Å². The van der Waals surface area contributed by atoms with Crippen LogP contribution in [0.3, 0.4) is 0 Å². The summed E-state index contributed by atoms with van der Waals surface area (Å²) in [4.78, 5) is 14.3. The quantitative estimate of drug-likeness (QED) is 0.781. The van der Waals surface area contributed by atoms with E-state index in [4.69, 9.17) is 0 Å². The largest absolute Gasteiger partial charge is 0.348 e. The zero-order valence-corrected chi connectivity index (χ0v) is 17.4. The summed E-state index contributed by atoms with van der Waals surface area (Å²) in [6.45, 7) is 4.97. The summed E-state index contributed by atoms with van der Waals surface area (Å²) in [5, 5.41) is 3.01. The molecule has 1 fully saturated rings. The van der Waals surface area contributed by atoms with E-state index in [1.807, 2.05) is 49.1 Å². The van der Waals surface area contributed by atoms with Crippen molar-refractivity contribution in [3.8, 4) is 0 Å². The Bertz CT molecular complexity index is 945. The summed E-state index contributed by atoms with van der Waals surface area (Å²) >= 11 is 0. The molecular formula is C21H26FN3O3S. The molecule has 0 aromatic heterocycles. The summed E-state index contributed by atoms with van der Waals surface area (Å²) in [5.41, 5.74) is 1.02. The van der Waals surface area contributed by atoms with E-state index in [-0.39, 0.29) is 36.0 Å². The lowest BCUT2D eigenvalue weighted by Crippen LogP contribution is -2.55. The van der Waals surface area contributed by atoms with Gasteiger partial charge < -0.3 is 5.32 Å². The molecule has 2 atom stereocenters. The van der Waals surface area contributed by atoms with Crippen LogP contribution in [-0.2, 0) is 14.8 Å². The van der Waals surface area contributed by atoms with E-state index in [2.05, 4.69) is 5.32 Å². The number of sulfonamides is 1. The van der Waals surface area contributed by atoms with Gasteiger partial charge in [0.15, 0.2) is 0 Å². The highest BCUT2D eigenvalue weighted by Crippen LogP contribution is 2.21. The van der Waals surface area contributed by atoms with Crippen LogP contribution in [0.1, 0.15) is 25.5 Å². The Morgan fingerprint density at radius 3 is 2.17 bits per heavy atom. The maximum absolute atomic E-state index is 13.9.